The van der Waals surface area contributed by atoms with Crippen LogP contribution in [0.25, 0.3) is 0 Å². The third-order valence-electron chi connectivity index (χ3n) is 6.23. The van der Waals surface area contributed by atoms with Gasteiger partial charge in [-0.2, -0.15) is 0 Å². The van der Waals surface area contributed by atoms with Crippen molar-refractivity contribution in [2.24, 2.45) is 21.5 Å². The van der Waals surface area contributed by atoms with Crippen LogP contribution in [0.5, 0.6) is 0 Å². The summed E-state index contributed by atoms with van der Waals surface area (Å²) in [7, 11) is 0. The molecular formula is C26H40Cl2N16O4. The molecule has 4 amide bonds. The van der Waals surface area contributed by atoms with Gasteiger partial charge in [-0.15, -0.1) is 0 Å². The van der Waals surface area contributed by atoms with Crippen LogP contribution in [0.1, 0.15) is 72.8 Å². The van der Waals surface area contributed by atoms with Crippen LogP contribution in [0.2, 0.25) is 10.3 Å². The number of rotatable bonds is 16. The zero-order valence-corrected chi connectivity index (χ0v) is 27.7. The van der Waals surface area contributed by atoms with E-state index in [0.29, 0.717) is 32.2 Å². The molecule has 48 heavy (non-hydrogen) atoms. The zero-order chi connectivity index (χ0) is 35.8. The van der Waals surface area contributed by atoms with E-state index in [0.717, 1.165) is 12.8 Å². The van der Waals surface area contributed by atoms with E-state index in [-0.39, 0.29) is 88.2 Å². The fourth-order valence-electron chi connectivity index (χ4n) is 3.80. The lowest BCUT2D eigenvalue weighted by atomic mass is 10.1. The van der Waals surface area contributed by atoms with Crippen LogP contribution in [0.15, 0.2) is 9.98 Å². The summed E-state index contributed by atoms with van der Waals surface area (Å²) in [5, 5.41) is 9.84. The highest BCUT2D eigenvalue weighted by Crippen LogP contribution is 2.18. The standard InChI is InChI=1S/C26H40Cl2N16O4/c1-2-3-7-12(38-13(45)8-6-11-37-26(34)44-24(48)15-19(30)42-21(32)17(28)40-15)22(46)35-9-4-5-10-36-25(33)43-23(47)14-18(29)41-20(31)16(27)39-14/h12H,2-11H2,1H3,(H,35,46)(H,38,45)(H4,29,31,41)(H4,30,32,42)(H3,33,36,43,47)(H3,34,37,44,48)/t12-/m0/s1. The molecule has 1 atom stereocenters. The number of aromatic nitrogens is 4. The average Bonchev–Trinajstić information content (AvgIpc) is 3.02. The minimum Gasteiger partial charge on any atom is -0.382 e. The maximum atomic E-state index is 12.8. The van der Waals surface area contributed by atoms with Crippen molar-refractivity contribution in [1.82, 2.24) is 41.2 Å². The van der Waals surface area contributed by atoms with Gasteiger partial charge in [-0.3, -0.25) is 39.8 Å². The van der Waals surface area contributed by atoms with Crippen molar-refractivity contribution >= 4 is 82.0 Å². The van der Waals surface area contributed by atoms with Gasteiger partial charge in [-0.1, -0.05) is 43.0 Å². The van der Waals surface area contributed by atoms with E-state index >= 15 is 0 Å². The number of halogens is 2. The number of carbonyl (C=O) groups excluding carboxylic acids is 4. The average molecular weight is 712 g/mol. The summed E-state index contributed by atoms with van der Waals surface area (Å²) in [6.45, 7) is 2.68. The quantitative estimate of drug-likeness (QED) is 0.0570. The Balaban J connectivity index is 1.73. The first-order valence-corrected chi connectivity index (χ1v) is 15.5. The van der Waals surface area contributed by atoms with Crippen molar-refractivity contribution in [3.63, 3.8) is 0 Å². The van der Waals surface area contributed by atoms with Gasteiger partial charge in [-0.25, -0.2) is 19.9 Å². The highest BCUT2D eigenvalue weighted by molar-refractivity contribution is 6.32. The van der Waals surface area contributed by atoms with Crippen molar-refractivity contribution in [3.8, 4) is 0 Å². The number of carbonyl (C=O) groups is 4. The molecule has 2 rings (SSSR count). The molecule has 2 aromatic rings. The van der Waals surface area contributed by atoms with E-state index in [1.54, 1.807) is 0 Å². The molecule has 0 saturated heterocycles. The van der Waals surface area contributed by atoms with E-state index in [2.05, 4.69) is 51.2 Å². The van der Waals surface area contributed by atoms with E-state index in [4.69, 9.17) is 57.6 Å². The number of nitrogens with two attached hydrogens (primary N) is 6. The Morgan fingerprint density at radius 3 is 1.73 bits per heavy atom. The molecule has 20 nitrogen and oxygen atoms in total. The van der Waals surface area contributed by atoms with Gasteiger partial charge in [0.15, 0.2) is 56.9 Å². The summed E-state index contributed by atoms with van der Waals surface area (Å²) in [5.74, 6) is -3.27. The number of unbranched alkanes of at least 4 members (excludes halogenated alkanes) is 2. The van der Waals surface area contributed by atoms with Gasteiger partial charge in [-0.05, 0) is 25.7 Å². The zero-order valence-electron chi connectivity index (χ0n) is 26.2. The van der Waals surface area contributed by atoms with Crippen LogP contribution < -0.4 is 55.7 Å². The molecule has 0 aromatic carbocycles. The SMILES string of the molecule is CCCC[C@H](NC(=O)CCCN=C(N)NC(=O)c1nc(Cl)c(N)nc1N)C(=O)NCCCCN=C(N)NC(=O)c1nc(Cl)c(N)nc1N. The first-order valence-electron chi connectivity index (χ1n) is 14.7. The molecule has 0 unspecified atom stereocenters. The lowest BCUT2D eigenvalue weighted by Crippen LogP contribution is -2.47. The number of anilines is 4. The second-order valence-electron chi connectivity index (χ2n) is 10.1. The molecule has 0 saturated carbocycles. The molecule has 0 aliphatic rings. The predicted molar refractivity (Wildman–Crippen MR) is 183 cm³/mol. The van der Waals surface area contributed by atoms with Crippen LogP contribution in [-0.2, 0) is 9.59 Å². The van der Waals surface area contributed by atoms with E-state index in [1.807, 2.05) is 6.92 Å². The molecule has 16 N–H and O–H groups in total. The molecule has 2 aromatic heterocycles. The molecule has 0 spiro atoms. The third-order valence-corrected chi connectivity index (χ3v) is 6.79. The number of hydrogen-bond acceptors (Lipinski definition) is 14. The second kappa shape index (κ2) is 19.4. The van der Waals surface area contributed by atoms with Crippen molar-refractivity contribution < 1.29 is 19.2 Å². The second-order valence-corrected chi connectivity index (χ2v) is 10.8. The fourth-order valence-corrected chi connectivity index (χ4v) is 4.05. The molecule has 22 heteroatoms. The fraction of sp³-hybridized carbons (Fsp3) is 0.462. The molecule has 2 heterocycles. The number of nitrogens with zero attached hydrogens (tertiary/aromatic N) is 6. The molecule has 0 aliphatic heterocycles. The van der Waals surface area contributed by atoms with Crippen molar-refractivity contribution in [2.75, 3.05) is 42.6 Å². The Hall–Kier alpha value is -5.24. The molecule has 0 aliphatic carbocycles. The van der Waals surface area contributed by atoms with E-state index in [1.165, 1.54) is 0 Å². The van der Waals surface area contributed by atoms with E-state index < -0.39 is 17.9 Å². The normalized spacial score (nSPS) is 12.2. The summed E-state index contributed by atoms with van der Waals surface area (Å²) in [6.07, 6.45) is 3.47. The first-order chi connectivity index (χ1) is 22.7. The van der Waals surface area contributed by atoms with Crippen LogP contribution in [0, 0.1) is 0 Å². The molecule has 0 fully saturated rings. The van der Waals surface area contributed by atoms with Gasteiger partial charge in [0.1, 0.15) is 6.04 Å². The highest BCUT2D eigenvalue weighted by Gasteiger charge is 2.20. The van der Waals surface area contributed by atoms with Gasteiger partial charge in [0.2, 0.25) is 11.8 Å². The monoisotopic (exact) mass is 710 g/mol. The Morgan fingerprint density at radius 1 is 0.729 bits per heavy atom. The van der Waals surface area contributed by atoms with Crippen LogP contribution >= 0.6 is 23.2 Å². The van der Waals surface area contributed by atoms with Crippen LogP contribution in [-0.4, -0.2) is 81.2 Å². The van der Waals surface area contributed by atoms with Crippen molar-refractivity contribution in [2.45, 2.75) is 57.9 Å². The Morgan fingerprint density at radius 2 is 1.23 bits per heavy atom. The van der Waals surface area contributed by atoms with Crippen LogP contribution in [0.3, 0.4) is 0 Å². The summed E-state index contributed by atoms with van der Waals surface area (Å²) >= 11 is 11.6. The Kier molecular flexibility index (Phi) is 15.8. The molecule has 0 bridgehead atoms. The maximum absolute atomic E-state index is 12.8. The lowest BCUT2D eigenvalue weighted by molar-refractivity contribution is -0.129. The Bertz CT molecular complexity index is 1540. The number of amides is 4. The van der Waals surface area contributed by atoms with E-state index in [9.17, 15) is 19.2 Å². The summed E-state index contributed by atoms with van der Waals surface area (Å²) in [4.78, 5) is 73.0. The van der Waals surface area contributed by atoms with Gasteiger partial charge in [0.25, 0.3) is 11.8 Å². The maximum Gasteiger partial charge on any atom is 0.280 e. The van der Waals surface area contributed by atoms with Gasteiger partial charge >= 0.3 is 0 Å². The first kappa shape index (κ1) is 38.9. The largest absolute Gasteiger partial charge is 0.382 e. The number of guanidine groups is 2. The number of nitrogen functional groups attached to an aromatic ring is 4. The smallest absolute Gasteiger partial charge is 0.280 e. The predicted octanol–water partition coefficient (Wildman–Crippen LogP) is -0.957. The van der Waals surface area contributed by atoms with Gasteiger partial charge in [0.05, 0.1) is 0 Å². The summed E-state index contributed by atoms with van der Waals surface area (Å²) < 4.78 is 0. The van der Waals surface area contributed by atoms with Crippen molar-refractivity contribution in [1.29, 1.82) is 0 Å². The minimum absolute atomic E-state index is 0.0626. The summed E-state index contributed by atoms with van der Waals surface area (Å²) in [6, 6.07) is -0.718. The number of aliphatic imine (C=N–C) groups is 2. The highest BCUT2D eigenvalue weighted by atomic mass is 35.5. The molecule has 0 radical (unpaired) electrons. The summed E-state index contributed by atoms with van der Waals surface area (Å²) in [5.41, 5.74) is 33.3. The van der Waals surface area contributed by atoms with Gasteiger partial charge in [0, 0.05) is 26.1 Å². The third kappa shape index (κ3) is 12.9. The molecular weight excluding hydrogens is 671 g/mol. The number of hydrogen-bond donors (Lipinski definition) is 10. The van der Waals surface area contributed by atoms with Gasteiger partial charge < -0.3 is 45.0 Å². The minimum atomic E-state index is -0.783. The Labute approximate surface area is 285 Å². The lowest BCUT2D eigenvalue weighted by Gasteiger charge is -2.18. The van der Waals surface area contributed by atoms with Crippen LogP contribution in [0.4, 0.5) is 23.3 Å². The topological polar surface area (TPSA) is 349 Å². The number of nitrogens with one attached hydrogen (secondary N) is 4. The van der Waals surface area contributed by atoms with Crippen molar-refractivity contribution in [3.05, 3.63) is 21.7 Å². The molecule has 262 valence electrons.